The number of carbonyl (C=O) groups excluding carboxylic acids is 3. The molecule has 1 N–H and O–H groups in total. The summed E-state index contributed by atoms with van der Waals surface area (Å²) in [5.41, 5.74) is 1.91. The van der Waals surface area contributed by atoms with Gasteiger partial charge in [-0.15, -0.1) is 0 Å². The van der Waals surface area contributed by atoms with Gasteiger partial charge in [-0.25, -0.2) is 4.79 Å². The zero-order chi connectivity index (χ0) is 22.1. The van der Waals surface area contributed by atoms with Gasteiger partial charge in [0.2, 0.25) is 0 Å². The van der Waals surface area contributed by atoms with Gasteiger partial charge in [0.15, 0.2) is 5.78 Å². The van der Waals surface area contributed by atoms with Crippen LogP contribution >= 0.6 is 0 Å². The number of carbonyl (C=O) groups is 3. The molecular formula is C23H29N3O4. The highest BCUT2D eigenvalue weighted by Gasteiger charge is 2.51. The first-order valence-electron chi connectivity index (χ1n) is 10.3. The summed E-state index contributed by atoms with van der Waals surface area (Å²) >= 11 is 0. The van der Waals surface area contributed by atoms with Crippen LogP contribution in [0.1, 0.15) is 54.0 Å². The Bertz CT molecular complexity index is 977. The molecule has 160 valence electrons. The maximum Gasteiger partial charge on any atom is 0.325 e. The van der Waals surface area contributed by atoms with Crippen molar-refractivity contribution in [3.8, 4) is 5.75 Å². The van der Waals surface area contributed by atoms with E-state index in [-0.39, 0.29) is 12.3 Å². The summed E-state index contributed by atoms with van der Waals surface area (Å²) in [4.78, 5) is 40.0. The molecule has 7 heteroatoms. The number of amides is 3. The molecule has 30 heavy (non-hydrogen) atoms. The molecule has 0 unspecified atom stereocenters. The molecular weight excluding hydrogens is 382 g/mol. The smallest absolute Gasteiger partial charge is 0.325 e. The number of nitrogens with zero attached hydrogens (tertiary/aromatic N) is 2. The second-order valence-electron chi connectivity index (χ2n) is 7.67. The summed E-state index contributed by atoms with van der Waals surface area (Å²) in [5, 5.41) is 2.82. The van der Waals surface area contributed by atoms with E-state index in [0.717, 1.165) is 29.3 Å². The van der Waals surface area contributed by atoms with Gasteiger partial charge in [0.05, 0.1) is 13.7 Å². The van der Waals surface area contributed by atoms with Gasteiger partial charge < -0.3 is 14.6 Å². The Balaban J connectivity index is 1.87. The molecule has 0 saturated carbocycles. The van der Waals surface area contributed by atoms with Gasteiger partial charge in [-0.1, -0.05) is 26.0 Å². The van der Waals surface area contributed by atoms with E-state index < -0.39 is 17.5 Å². The molecule has 0 radical (unpaired) electrons. The lowest BCUT2D eigenvalue weighted by atomic mass is 9.87. The van der Waals surface area contributed by atoms with E-state index in [4.69, 9.17) is 4.74 Å². The second-order valence-corrected chi connectivity index (χ2v) is 7.67. The standard InChI is InChI=1S/C23H29N3O4/c1-6-12-25-15(3)13-19(16(25)4)20(27)14-26-21(28)23(7-2,24-22(26)29)17-8-10-18(30-5)11-9-17/h8-11,13H,6-7,12,14H2,1-5H3,(H,24,29)/t23-/m1/s1. The maximum absolute atomic E-state index is 13.3. The van der Waals surface area contributed by atoms with E-state index in [0.29, 0.717) is 23.3 Å². The first kappa shape index (κ1) is 21.6. The van der Waals surface area contributed by atoms with Gasteiger partial charge >= 0.3 is 6.03 Å². The van der Waals surface area contributed by atoms with Crippen LogP contribution in [0.3, 0.4) is 0 Å². The van der Waals surface area contributed by atoms with E-state index in [1.165, 1.54) is 0 Å². The average Bonchev–Trinajstić information content (AvgIpc) is 3.17. The topological polar surface area (TPSA) is 80.6 Å². The second kappa shape index (κ2) is 8.34. The molecule has 0 aliphatic carbocycles. The van der Waals surface area contributed by atoms with Gasteiger partial charge in [0, 0.05) is 23.5 Å². The number of aromatic nitrogens is 1. The predicted molar refractivity (Wildman–Crippen MR) is 114 cm³/mol. The van der Waals surface area contributed by atoms with Crippen LogP contribution < -0.4 is 10.1 Å². The Morgan fingerprint density at radius 3 is 2.37 bits per heavy atom. The van der Waals surface area contributed by atoms with Gasteiger partial charge in [0.25, 0.3) is 5.91 Å². The number of urea groups is 1. The lowest BCUT2D eigenvalue weighted by Gasteiger charge is -2.26. The van der Waals surface area contributed by atoms with Crippen LogP contribution in [-0.4, -0.2) is 40.8 Å². The Morgan fingerprint density at radius 2 is 1.80 bits per heavy atom. The SMILES string of the molecule is CCCn1c(C)cc(C(=O)CN2C(=O)N[C@](CC)(c3ccc(OC)cc3)C2=O)c1C. The van der Waals surface area contributed by atoms with Crippen LogP contribution in [0.4, 0.5) is 4.79 Å². The normalized spacial score (nSPS) is 18.6. The van der Waals surface area contributed by atoms with E-state index in [1.54, 1.807) is 31.4 Å². The van der Waals surface area contributed by atoms with E-state index in [2.05, 4.69) is 16.8 Å². The molecule has 1 aromatic carbocycles. The summed E-state index contributed by atoms with van der Waals surface area (Å²) in [6.45, 7) is 8.32. The number of ketones is 1. The number of hydrogen-bond donors (Lipinski definition) is 1. The summed E-state index contributed by atoms with van der Waals surface area (Å²) < 4.78 is 7.27. The third kappa shape index (κ3) is 3.49. The van der Waals surface area contributed by atoms with Crippen LogP contribution in [0.15, 0.2) is 30.3 Å². The highest BCUT2D eigenvalue weighted by molar-refractivity contribution is 6.11. The van der Waals surface area contributed by atoms with E-state index in [1.807, 2.05) is 26.8 Å². The lowest BCUT2D eigenvalue weighted by Crippen LogP contribution is -2.43. The number of nitrogens with one attached hydrogen (secondary N) is 1. The fraction of sp³-hybridized carbons (Fsp3) is 0.435. The number of hydrogen-bond acceptors (Lipinski definition) is 4. The van der Waals surface area contributed by atoms with Gasteiger partial charge in [-0.3, -0.25) is 14.5 Å². The molecule has 2 heterocycles. The van der Waals surface area contributed by atoms with Crippen molar-refractivity contribution in [1.82, 2.24) is 14.8 Å². The first-order valence-corrected chi connectivity index (χ1v) is 10.3. The average molecular weight is 412 g/mol. The minimum atomic E-state index is -1.18. The molecule has 3 rings (SSSR count). The fourth-order valence-corrected chi connectivity index (χ4v) is 4.16. The number of benzene rings is 1. The van der Waals surface area contributed by atoms with Crippen LogP contribution in [-0.2, 0) is 16.9 Å². The predicted octanol–water partition coefficient (Wildman–Crippen LogP) is 3.56. The molecule has 1 aliphatic rings. The third-order valence-corrected chi connectivity index (χ3v) is 5.91. The Morgan fingerprint density at radius 1 is 1.13 bits per heavy atom. The monoisotopic (exact) mass is 411 g/mol. The van der Waals surface area contributed by atoms with Crippen molar-refractivity contribution < 1.29 is 19.1 Å². The number of methoxy groups -OCH3 is 1. The highest BCUT2D eigenvalue weighted by Crippen LogP contribution is 2.33. The minimum Gasteiger partial charge on any atom is -0.497 e. The van der Waals surface area contributed by atoms with Crippen molar-refractivity contribution in [2.45, 2.75) is 52.6 Å². The molecule has 2 aromatic rings. The van der Waals surface area contributed by atoms with Crippen molar-refractivity contribution >= 4 is 17.7 Å². The first-order chi connectivity index (χ1) is 14.3. The maximum atomic E-state index is 13.3. The number of rotatable bonds is 8. The molecule has 1 fully saturated rings. The lowest BCUT2D eigenvalue weighted by molar-refractivity contribution is -0.131. The van der Waals surface area contributed by atoms with E-state index >= 15 is 0 Å². The summed E-state index contributed by atoms with van der Waals surface area (Å²) in [6.07, 6.45) is 1.33. The largest absolute Gasteiger partial charge is 0.497 e. The Hall–Kier alpha value is -3.09. The number of Topliss-reactive ketones (excluding diaryl/α,β-unsaturated/α-hetero) is 1. The quantitative estimate of drug-likeness (QED) is 0.532. The fourth-order valence-electron chi connectivity index (χ4n) is 4.16. The molecule has 0 bridgehead atoms. The van der Waals surface area contributed by atoms with Crippen molar-refractivity contribution in [1.29, 1.82) is 0 Å². The molecule has 7 nitrogen and oxygen atoms in total. The molecule has 3 amide bonds. The van der Waals surface area contributed by atoms with Crippen molar-refractivity contribution in [3.05, 3.63) is 52.8 Å². The van der Waals surface area contributed by atoms with Crippen LogP contribution in [0.5, 0.6) is 5.75 Å². The number of imide groups is 1. The zero-order valence-corrected chi connectivity index (χ0v) is 18.2. The third-order valence-electron chi connectivity index (χ3n) is 5.91. The zero-order valence-electron chi connectivity index (χ0n) is 18.2. The van der Waals surface area contributed by atoms with Crippen LogP contribution in [0, 0.1) is 13.8 Å². The summed E-state index contributed by atoms with van der Waals surface area (Å²) in [6, 6.07) is 8.33. The van der Waals surface area contributed by atoms with E-state index in [9.17, 15) is 14.4 Å². The van der Waals surface area contributed by atoms with Gasteiger partial charge in [-0.2, -0.15) is 0 Å². The minimum absolute atomic E-state index is 0.240. The summed E-state index contributed by atoms with van der Waals surface area (Å²) in [5.74, 6) is 0.0164. The Labute approximate surface area is 177 Å². The molecule has 1 aliphatic heterocycles. The van der Waals surface area contributed by atoms with Gasteiger partial charge in [-0.05, 0) is 50.5 Å². The number of aryl methyl sites for hydroxylation is 1. The van der Waals surface area contributed by atoms with Gasteiger partial charge in [0.1, 0.15) is 11.3 Å². The van der Waals surface area contributed by atoms with Crippen molar-refractivity contribution in [2.75, 3.05) is 13.7 Å². The summed E-state index contributed by atoms with van der Waals surface area (Å²) in [7, 11) is 1.57. The molecule has 0 spiro atoms. The molecule has 1 atom stereocenters. The molecule has 1 saturated heterocycles. The number of ether oxygens (including phenoxy) is 1. The Kier molecular flexibility index (Phi) is 6.01. The highest BCUT2D eigenvalue weighted by atomic mass is 16.5. The van der Waals surface area contributed by atoms with Crippen molar-refractivity contribution in [3.63, 3.8) is 0 Å². The van der Waals surface area contributed by atoms with Crippen molar-refractivity contribution in [2.24, 2.45) is 0 Å². The van der Waals surface area contributed by atoms with Crippen LogP contribution in [0.25, 0.3) is 0 Å². The molecule has 1 aromatic heterocycles. The van der Waals surface area contributed by atoms with Crippen LogP contribution in [0.2, 0.25) is 0 Å².